The third-order valence-electron chi connectivity index (χ3n) is 2.51. The van der Waals surface area contributed by atoms with Crippen LogP contribution in [0.5, 0.6) is 0 Å². The van der Waals surface area contributed by atoms with Gasteiger partial charge < -0.3 is 10.6 Å². The van der Waals surface area contributed by atoms with Crippen molar-refractivity contribution in [3.63, 3.8) is 0 Å². The van der Waals surface area contributed by atoms with Crippen LogP contribution < -0.4 is 5.73 Å². The standard InChI is InChI=1S/C10H22N2/c1-3-7-12(8-4-2)9-10(11)5-6-10/h3-9,11H2,1-2H3. The van der Waals surface area contributed by atoms with Crippen molar-refractivity contribution in [1.29, 1.82) is 0 Å². The van der Waals surface area contributed by atoms with E-state index in [1.54, 1.807) is 0 Å². The number of nitrogens with zero attached hydrogens (tertiary/aromatic N) is 1. The molecule has 0 aliphatic heterocycles. The summed E-state index contributed by atoms with van der Waals surface area (Å²) < 4.78 is 0. The second-order valence-corrected chi connectivity index (χ2v) is 4.14. The first-order valence-corrected chi connectivity index (χ1v) is 5.21. The van der Waals surface area contributed by atoms with Crippen LogP contribution in [-0.2, 0) is 0 Å². The zero-order valence-corrected chi connectivity index (χ0v) is 8.47. The van der Waals surface area contributed by atoms with Gasteiger partial charge in [0, 0.05) is 12.1 Å². The summed E-state index contributed by atoms with van der Waals surface area (Å²) in [7, 11) is 0. The van der Waals surface area contributed by atoms with E-state index in [4.69, 9.17) is 5.73 Å². The average Bonchev–Trinajstić information content (AvgIpc) is 2.69. The molecule has 0 aromatic heterocycles. The smallest absolute Gasteiger partial charge is 0.0284 e. The molecule has 0 aromatic rings. The molecule has 0 unspecified atom stereocenters. The van der Waals surface area contributed by atoms with Crippen LogP contribution in [0.1, 0.15) is 39.5 Å². The van der Waals surface area contributed by atoms with Crippen molar-refractivity contribution in [2.45, 2.75) is 45.1 Å². The van der Waals surface area contributed by atoms with Crippen molar-refractivity contribution in [3.05, 3.63) is 0 Å². The number of rotatable bonds is 6. The summed E-state index contributed by atoms with van der Waals surface area (Å²) in [5.41, 5.74) is 6.27. The van der Waals surface area contributed by atoms with E-state index >= 15 is 0 Å². The monoisotopic (exact) mass is 170 g/mol. The van der Waals surface area contributed by atoms with Crippen molar-refractivity contribution in [2.75, 3.05) is 19.6 Å². The molecule has 2 N–H and O–H groups in total. The minimum Gasteiger partial charge on any atom is -0.324 e. The molecule has 72 valence electrons. The Kier molecular flexibility index (Phi) is 3.53. The molecule has 1 rings (SSSR count). The molecule has 0 aromatic carbocycles. The largest absolute Gasteiger partial charge is 0.324 e. The molecule has 0 spiro atoms. The van der Waals surface area contributed by atoms with Gasteiger partial charge in [-0.2, -0.15) is 0 Å². The van der Waals surface area contributed by atoms with Crippen molar-refractivity contribution in [2.24, 2.45) is 5.73 Å². The van der Waals surface area contributed by atoms with Gasteiger partial charge in [0.25, 0.3) is 0 Å². The highest BCUT2D eigenvalue weighted by Crippen LogP contribution is 2.32. The first-order valence-electron chi connectivity index (χ1n) is 5.21. The fraction of sp³-hybridized carbons (Fsp3) is 1.00. The van der Waals surface area contributed by atoms with Gasteiger partial charge in [-0.3, -0.25) is 0 Å². The minimum absolute atomic E-state index is 0.199. The maximum absolute atomic E-state index is 6.07. The summed E-state index contributed by atoms with van der Waals surface area (Å²) in [6.45, 7) is 8.02. The predicted octanol–water partition coefficient (Wildman–Crippen LogP) is 1.60. The van der Waals surface area contributed by atoms with E-state index in [-0.39, 0.29) is 5.54 Å². The van der Waals surface area contributed by atoms with Crippen LogP contribution in [-0.4, -0.2) is 30.1 Å². The normalized spacial score (nSPS) is 20.0. The van der Waals surface area contributed by atoms with Crippen LogP contribution in [0.4, 0.5) is 0 Å². The molecular weight excluding hydrogens is 148 g/mol. The van der Waals surface area contributed by atoms with E-state index in [2.05, 4.69) is 18.7 Å². The number of hydrogen-bond donors (Lipinski definition) is 1. The van der Waals surface area contributed by atoms with E-state index < -0.39 is 0 Å². The molecular formula is C10H22N2. The second-order valence-electron chi connectivity index (χ2n) is 4.14. The van der Waals surface area contributed by atoms with Gasteiger partial charge in [-0.25, -0.2) is 0 Å². The van der Waals surface area contributed by atoms with Crippen LogP contribution in [0.3, 0.4) is 0 Å². The van der Waals surface area contributed by atoms with Crippen molar-refractivity contribution < 1.29 is 0 Å². The molecule has 0 saturated heterocycles. The third-order valence-corrected chi connectivity index (χ3v) is 2.51. The Labute approximate surface area is 76.1 Å². The molecule has 12 heavy (non-hydrogen) atoms. The molecule has 1 aliphatic carbocycles. The van der Waals surface area contributed by atoms with Crippen molar-refractivity contribution in [3.8, 4) is 0 Å². The van der Waals surface area contributed by atoms with E-state index in [1.807, 2.05) is 0 Å². The molecule has 2 heteroatoms. The molecule has 0 radical (unpaired) electrons. The highest BCUT2D eigenvalue weighted by Gasteiger charge is 2.39. The highest BCUT2D eigenvalue weighted by molar-refractivity contribution is 5.00. The Hall–Kier alpha value is -0.0800. The maximum Gasteiger partial charge on any atom is 0.0284 e. The van der Waals surface area contributed by atoms with Crippen LogP contribution in [0.15, 0.2) is 0 Å². The summed E-state index contributed by atoms with van der Waals surface area (Å²) in [6.07, 6.45) is 4.96. The molecule has 2 nitrogen and oxygen atoms in total. The topological polar surface area (TPSA) is 29.3 Å². The number of nitrogens with two attached hydrogens (primary N) is 1. The van der Waals surface area contributed by atoms with Gasteiger partial charge >= 0.3 is 0 Å². The van der Waals surface area contributed by atoms with Gasteiger partial charge in [0.1, 0.15) is 0 Å². The van der Waals surface area contributed by atoms with E-state index in [0.717, 1.165) is 6.54 Å². The lowest BCUT2D eigenvalue weighted by Crippen LogP contribution is -2.40. The predicted molar refractivity (Wildman–Crippen MR) is 53.2 cm³/mol. The van der Waals surface area contributed by atoms with Crippen LogP contribution in [0.25, 0.3) is 0 Å². The Morgan fingerprint density at radius 1 is 1.17 bits per heavy atom. The lowest BCUT2D eigenvalue weighted by atomic mass is 10.2. The Morgan fingerprint density at radius 3 is 2.00 bits per heavy atom. The summed E-state index contributed by atoms with van der Waals surface area (Å²) >= 11 is 0. The van der Waals surface area contributed by atoms with E-state index in [1.165, 1.54) is 38.8 Å². The third kappa shape index (κ3) is 3.11. The molecule has 1 fully saturated rings. The SMILES string of the molecule is CCCN(CCC)CC1(N)CC1. The van der Waals surface area contributed by atoms with Crippen LogP contribution in [0, 0.1) is 0 Å². The lowest BCUT2D eigenvalue weighted by Gasteiger charge is -2.24. The Morgan fingerprint density at radius 2 is 1.67 bits per heavy atom. The van der Waals surface area contributed by atoms with Gasteiger partial charge in [0.2, 0.25) is 0 Å². The van der Waals surface area contributed by atoms with Gasteiger partial charge in [-0.05, 0) is 38.8 Å². The summed E-state index contributed by atoms with van der Waals surface area (Å²) in [6, 6.07) is 0. The lowest BCUT2D eigenvalue weighted by molar-refractivity contribution is 0.251. The number of hydrogen-bond acceptors (Lipinski definition) is 2. The molecule has 0 heterocycles. The van der Waals surface area contributed by atoms with Crippen LogP contribution >= 0.6 is 0 Å². The maximum atomic E-state index is 6.07. The fourth-order valence-electron chi connectivity index (χ4n) is 1.67. The van der Waals surface area contributed by atoms with Crippen molar-refractivity contribution >= 4 is 0 Å². The Balaban J connectivity index is 2.22. The van der Waals surface area contributed by atoms with Crippen LogP contribution in [0.2, 0.25) is 0 Å². The van der Waals surface area contributed by atoms with Crippen molar-refractivity contribution in [1.82, 2.24) is 4.90 Å². The first-order chi connectivity index (χ1) is 5.70. The quantitative estimate of drug-likeness (QED) is 0.656. The molecule has 0 bridgehead atoms. The Bertz CT molecular complexity index is 124. The molecule has 1 saturated carbocycles. The molecule has 0 atom stereocenters. The zero-order valence-electron chi connectivity index (χ0n) is 8.47. The average molecular weight is 170 g/mol. The molecule has 1 aliphatic rings. The summed E-state index contributed by atoms with van der Waals surface area (Å²) in [5, 5.41) is 0. The first kappa shape index (κ1) is 10.0. The van der Waals surface area contributed by atoms with Gasteiger partial charge in [-0.1, -0.05) is 13.8 Å². The zero-order chi connectivity index (χ0) is 9.03. The fourth-order valence-corrected chi connectivity index (χ4v) is 1.67. The highest BCUT2D eigenvalue weighted by atomic mass is 15.2. The summed E-state index contributed by atoms with van der Waals surface area (Å²) in [4.78, 5) is 2.51. The second kappa shape index (κ2) is 4.24. The van der Waals surface area contributed by atoms with Gasteiger partial charge in [0.05, 0.1) is 0 Å². The van der Waals surface area contributed by atoms with E-state index in [9.17, 15) is 0 Å². The molecule has 0 amide bonds. The van der Waals surface area contributed by atoms with Gasteiger partial charge in [-0.15, -0.1) is 0 Å². The van der Waals surface area contributed by atoms with Gasteiger partial charge in [0.15, 0.2) is 0 Å². The summed E-state index contributed by atoms with van der Waals surface area (Å²) in [5.74, 6) is 0. The van der Waals surface area contributed by atoms with E-state index in [0.29, 0.717) is 0 Å². The minimum atomic E-state index is 0.199.